The number of likely N-dealkylation sites (tertiary alicyclic amines) is 1. The second-order valence-electron chi connectivity index (χ2n) is 7.11. The Labute approximate surface area is 147 Å². The van der Waals surface area contributed by atoms with E-state index in [1.807, 2.05) is 44.1 Å². The van der Waals surface area contributed by atoms with Crippen LogP contribution in [0.25, 0.3) is 11.0 Å². The minimum Gasteiger partial charge on any atom is -0.464 e. The standard InChI is InChI=1S/C20H23N3O2/c1-13-4-5-17-16(12-25-18(17)8-13)9-19(24)23-7-6-15(11-23)20-21-14(2)10-22(20)3/h4-5,8,10,12,15H,6-7,9,11H2,1-3H3. The zero-order valence-corrected chi connectivity index (χ0v) is 15.0. The second-order valence-corrected chi connectivity index (χ2v) is 7.11. The Kier molecular flexibility index (Phi) is 3.86. The number of furan rings is 1. The molecule has 1 aromatic carbocycles. The van der Waals surface area contributed by atoms with Crippen molar-refractivity contribution in [2.75, 3.05) is 13.1 Å². The molecule has 25 heavy (non-hydrogen) atoms. The van der Waals surface area contributed by atoms with E-state index in [9.17, 15) is 4.79 Å². The van der Waals surface area contributed by atoms with Crippen molar-refractivity contribution in [3.63, 3.8) is 0 Å². The van der Waals surface area contributed by atoms with Gasteiger partial charge in [-0.05, 0) is 31.9 Å². The molecule has 2 aromatic heterocycles. The third kappa shape index (κ3) is 2.95. The van der Waals surface area contributed by atoms with E-state index in [0.717, 1.165) is 53.1 Å². The van der Waals surface area contributed by atoms with Gasteiger partial charge >= 0.3 is 0 Å². The van der Waals surface area contributed by atoms with Crippen LogP contribution >= 0.6 is 0 Å². The normalized spacial score (nSPS) is 17.6. The molecule has 5 nitrogen and oxygen atoms in total. The van der Waals surface area contributed by atoms with Crippen molar-refractivity contribution in [2.24, 2.45) is 7.05 Å². The van der Waals surface area contributed by atoms with Crippen LogP contribution in [0, 0.1) is 13.8 Å². The Morgan fingerprint density at radius 1 is 1.36 bits per heavy atom. The van der Waals surface area contributed by atoms with Crippen molar-refractivity contribution in [2.45, 2.75) is 32.6 Å². The summed E-state index contributed by atoms with van der Waals surface area (Å²) in [5.41, 5.74) is 4.01. The topological polar surface area (TPSA) is 51.3 Å². The molecule has 1 unspecified atom stereocenters. The molecule has 1 saturated heterocycles. The first-order valence-electron chi connectivity index (χ1n) is 8.75. The molecule has 0 saturated carbocycles. The molecule has 130 valence electrons. The maximum atomic E-state index is 12.7. The van der Waals surface area contributed by atoms with E-state index in [0.29, 0.717) is 12.3 Å². The summed E-state index contributed by atoms with van der Waals surface area (Å²) >= 11 is 0. The number of carbonyl (C=O) groups is 1. The van der Waals surface area contributed by atoms with Gasteiger partial charge in [-0.3, -0.25) is 4.79 Å². The molecule has 1 fully saturated rings. The van der Waals surface area contributed by atoms with Crippen LogP contribution in [0.15, 0.2) is 35.1 Å². The molecule has 1 atom stereocenters. The van der Waals surface area contributed by atoms with Crippen LogP contribution in [0.3, 0.4) is 0 Å². The molecule has 0 radical (unpaired) electrons. The number of fused-ring (bicyclic) bond motifs is 1. The summed E-state index contributed by atoms with van der Waals surface area (Å²) < 4.78 is 7.70. The Balaban J connectivity index is 1.47. The maximum absolute atomic E-state index is 12.7. The van der Waals surface area contributed by atoms with Gasteiger partial charge in [-0.1, -0.05) is 12.1 Å². The van der Waals surface area contributed by atoms with Crippen LogP contribution < -0.4 is 0 Å². The fraction of sp³-hybridized carbons (Fsp3) is 0.400. The van der Waals surface area contributed by atoms with Gasteiger partial charge in [0.05, 0.1) is 18.4 Å². The maximum Gasteiger partial charge on any atom is 0.227 e. The molecule has 5 heteroatoms. The van der Waals surface area contributed by atoms with E-state index >= 15 is 0 Å². The molecule has 1 aliphatic rings. The predicted molar refractivity (Wildman–Crippen MR) is 96.5 cm³/mol. The number of carbonyl (C=O) groups excluding carboxylic acids is 1. The van der Waals surface area contributed by atoms with Gasteiger partial charge < -0.3 is 13.9 Å². The van der Waals surface area contributed by atoms with Gasteiger partial charge in [-0.2, -0.15) is 0 Å². The van der Waals surface area contributed by atoms with E-state index in [4.69, 9.17) is 4.42 Å². The number of aromatic nitrogens is 2. The highest BCUT2D eigenvalue weighted by molar-refractivity contribution is 5.88. The van der Waals surface area contributed by atoms with Crippen LogP contribution in [0.1, 0.15) is 35.0 Å². The van der Waals surface area contributed by atoms with Crippen molar-refractivity contribution in [1.82, 2.24) is 14.5 Å². The van der Waals surface area contributed by atoms with E-state index in [1.165, 1.54) is 0 Å². The van der Waals surface area contributed by atoms with Crippen molar-refractivity contribution in [3.8, 4) is 0 Å². The number of imidazole rings is 1. The molecule has 3 aromatic rings. The van der Waals surface area contributed by atoms with Crippen LogP contribution in [0.4, 0.5) is 0 Å². The van der Waals surface area contributed by atoms with E-state index in [1.54, 1.807) is 6.26 Å². The average molecular weight is 337 g/mol. The summed E-state index contributed by atoms with van der Waals surface area (Å²) in [7, 11) is 2.03. The van der Waals surface area contributed by atoms with Crippen LogP contribution in [0.5, 0.6) is 0 Å². The molecule has 3 heterocycles. The molecular weight excluding hydrogens is 314 g/mol. The fourth-order valence-electron chi connectivity index (χ4n) is 3.81. The Morgan fingerprint density at radius 2 is 2.20 bits per heavy atom. The van der Waals surface area contributed by atoms with E-state index < -0.39 is 0 Å². The minimum atomic E-state index is 0.164. The van der Waals surface area contributed by atoms with Crippen molar-refractivity contribution in [3.05, 3.63) is 53.3 Å². The average Bonchev–Trinajstić information content (AvgIpc) is 3.26. The Morgan fingerprint density at radius 3 is 2.96 bits per heavy atom. The lowest BCUT2D eigenvalue weighted by Crippen LogP contribution is -2.30. The van der Waals surface area contributed by atoms with Gasteiger partial charge in [-0.15, -0.1) is 0 Å². The van der Waals surface area contributed by atoms with Crippen molar-refractivity contribution < 1.29 is 9.21 Å². The summed E-state index contributed by atoms with van der Waals surface area (Å²) in [6.07, 6.45) is 5.13. The third-order valence-electron chi connectivity index (χ3n) is 5.09. The molecule has 1 aliphatic heterocycles. The molecule has 0 spiro atoms. The molecule has 1 amide bonds. The molecule has 4 rings (SSSR count). The van der Waals surface area contributed by atoms with Gasteiger partial charge in [-0.25, -0.2) is 4.98 Å². The monoisotopic (exact) mass is 337 g/mol. The second kappa shape index (κ2) is 6.06. The summed E-state index contributed by atoms with van der Waals surface area (Å²) in [6.45, 7) is 5.59. The molecule has 0 aliphatic carbocycles. The lowest BCUT2D eigenvalue weighted by molar-refractivity contribution is -0.129. The molecule has 0 N–H and O–H groups in total. The van der Waals surface area contributed by atoms with Gasteiger partial charge in [0.2, 0.25) is 5.91 Å². The minimum absolute atomic E-state index is 0.164. The zero-order chi connectivity index (χ0) is 17.6. The molecular formula is C20H23N3O2. The summed E-state index contributed by atoms with van der Waals surface area (Å²) in [4.78, 5) is 19.3. The van der Waals surface area contributed by atoms with Crippen molar-refractivity contribution >= 4 is 16.9 Å². The smallest absolute Gasteiger partial charge is 0.227 e. The van der Waals surface area contributed by atoms with Gasteiger partial charge in [0.25, 0.3) is 0 Å². The quantitative estimate of drug-likeness (QED) is 0.736. The van der Waals surface area contributed by atoms with Gasteiger partial charge in [0.1, 0.15) is 11.4 Å². The van der Waals surface area contributed by atoms with Gasteiger partial charge in [0.15, 0.2) is 0 Å². The predicted octanol–water partition coefficient (Wildman–Crippen LogP) is 3.34. The largest absolute Gasteiger partial charge is 0.464 e. The SMILES string of the molecule is Cc1ccc2c(CC(=O)N3CCC(c4nc(C)cn4C)C3)coc2c1. The summed E-state index contributed by atoms with van der Waals surface area (Å²) in [5, 5.41) is 1.04. The number of benzene rings is 1. The zero-order valence-electron chi connectivity index (χ0n) is 15.0. The first-order valence-corrected chi connectivity index (χ1v) is 8.75. The van der Waals surface area contributed by atoms with E-state index in [2.05, 4.69) is 15.6 Å². The number of amides is 1. The van der Waals surface area contributed by atoms with E-state index in [-0.39, 0.29) is 5.91 Å². The Bertz CT molecular complexity index is 938. The number of rotatable bonds is 3. The summed E-state index contributed by atoms with van der Waals surface area (Å²) in [5.74, 6) is 1.57. The third-order valence-corrected chi connectivity index (χ3v) is 5.09. The Hall–Kier alpha value is -2.56. The highest BCUT2D eigenvalue weighted by Gasteiger charge is 2.30. The lowest BCUT2D eigenvalue weighted by Gasteiger charge is -2.16. The van der Waals surface area contributed by atoms with Gasteiger partial charge in [0, 0.05) is 43.2 Å². The number of hydrogen-bond acceptors (Lipinski definition) is 3. The first kappa shape index (κ1) is 15.9. The molecule has 0 bridgehead atoms. The highest BCUT2D eigenvalue weighted by Crippen LogP contribution is 2.28. The van der Waals surface area contributed by atoms with Crippen molar-refractivity contribution in [1.29, 1.82) is 0 Å². The number of hydrogen-bond donors (Lipinski definition) is 0. The lowest BCUT2D eigenvalue weighted by atomic mass is 10.1. The number of nitrogens with zero attached hydrogens (tertiary/aromatic N) is 3. The first-order chi connectivity index (χ1) is 12.0. The number of aryl methyl sites for hydroxylation is 3. The summed E-state index contributed by atoms with van der Waals surface area (Å²) in [6, 6.07) is 6.11. The fourth-order valence-corrected chi connectivity index (χ4v) is 3.81. The van der Waals surface area contributed by atoms with Crippen LogP contribution in [0.2, 0.25) is 0 Å². The van der Waals surface area contributed by atoms with Crippen LogP contribution in [-0.4, -0.2) is 33.4 Å². The van der Waals surface area contributed by atoms with Crippen LogP contribution in [-0.2, 0) is 18.3 Å². The highest BCUT2D eigenvalue weighted by atomic mass is 16.3.